The van der Waals surface area contributed by atoms with E-state index in [2.05, 4.69) is 0 Å². The molecule has 3 aromatic carbocycles. The van der Waals surface area contributed by atoms with E-state index in [1.165, 1.54) is 36.8 Å². The zero-order valence-corrected chi connectivity index (χ0v) is 34.1. The molecule has 0 atom stereocenters. The van der Waals surface area contributed by atoms with E-state index in [0.29, 0.717) is 16.6 Å². The van der Waals surface area contributed by atoms with Crippen LogP contribution in [0.25, 0.3) is 32.7 Å². The van der Waals surface area contributed by atoms with Gasteiger partial charge in [-0.2, -0.15) is 0 Å². The van der Waals surface area contributed by atoms with E-state index < -0.39 is 51.6 Å². The monoisotopic (exact) mass is 996 g/mol. The molecular formula is C39H27Cl3EuF3N3O9. The molecular weight excluding hydrogens is 970 g/mol. The SMILES string of the molecule is O=C(O)c1cn(C2CC2)c2cc(Cl)c(F)cc2c1=O.O=C(O)c1cn(C2CC2)c2cc(Cl)c(F)cc2c1=O.O=C(O)c1cn(C2CC2)c2cc(Cl)c(F)cc2c1=O.[Eu]. The second kappa shape index (κ2) is 16.9. The fraction of sp³-hybridized carbons (Fsp3) is 0.231. The van der Waals surface area contributed by atoms with Crippen LogP contribution in [-0.2, 0) is 0 Å². The summed E-state index contributed by atoms with van der Waals surface area (Å²) >= 11 is 17.2. The molecule has 58 heavy (non-hydrogen) atoms. The molecule has 0 amide bonds. The van der Waals surface area contributed by atoms with Crippen molar-refractivity contribution in [3.05, 3.63) is 135 Å². The molecule has 1 radical (unpaired) electrons. The molecule has 3 fully saturated rings. The third-order valence-corrected chi connectivity index (χ3v) is 10.6. The van der Waals surface area contributed by atoms with Crippen LogP contribution in [0.15, 0.2) is 69.4 Å². The molecule has 0 spiro atoms. The zero-order chi connectivity index (χ0) is 41.2. The van der Waals surface area contributed by atoms with Crippen molar-refractivity contribution < 1.29 is 92.3 Å². The molecule has 19 heteroatoms. The quantitative estimate of drug-likeness (QED) is 0.148. The molecule has 0 aliphatic heterocycles. The summed E-state index contributed by atoms with van der Waals surface area (Å²) in [5.41, 5.74) is -1.67. The van der Waals surface area contributed by atoms with Crippen LogP contribution in [0, 0.1) is 66.8 Å². The molecule has 0 unspecified atom stereocenters. The topological polar surface area (TPSA) is 178 Å². The molecule has 3 saturated carbocycles. The Hall–Kier alpha value is -4.06. The molecule has 301 valence electrons. The van der Waals surface area contributed by atoms with Gasteiger partial charge in [0.25, 0.3) is 0 Å². The largest absolute Gasteiger partial charge is 0.477 e. The number of aromatic carboxylic acids is 3. The molecule has 12 nitrogen and oxygen atoms in total. The molecule has 6 aromatic rings. The fourth-order valence-corrected chi connectivity index (χ4v) is 6.93. The molecule has 0 bridgehead atoms. The maximum Gasteiger partial charge on any atom is 0.341 e. The van der Waals surface area contributed by atoms with Crippen molar-refractivity contribution in [1.82, 2.24) is 13.7 Å². The van der Waals surface area contributed by atoms with Crippen molar-refractivity contribution in [2.24, 2.45) is 0 Å². The summed E-state index contributed by atoms with van der Waals surface area (Å²) in [5, 5.41) is 27.0. The first-order valence-electron chi connectivity index (χ1n) is 17.3. The van der Waals surface area contributed by atoms with Crippen molar-refractivity contribution in [2.75, 3.05) is 0 Å². The van der Waals surface area contributed by atoms with E-state index in [-0.39, 0.29) is 115 Å². The summed E-state index contributed by atoms with van der Waals surface area (Å²) in [4.78, 5) is 69.3. The number of halogens is 6. The summed E-state index contributed by atoms with van der Waals surface area (Å²) in [6.07, 6.45) is 9.41. The van der Waals surface area contributed by atoms with Gasteiger partial charge in [0.1, 0.15) is 34.1 Å². The fourth-order valence-electron chi connectivity index (χ4n) is 6.45. The Balaban J connectivity index is 0.000000145. The minimum absolute atomic E-state index is 0. The van der Waals surface area contributed by atoms with Crippen molar-refractivity contribution in [3.63, 3.8) is 0 Å². The van der Waals surface area contributed by atoms with Crippen LogP contribution in [0.2, 0.25) is 15.1 Å². The maximum absolute atomic E-state index is 13.5. The third kappa shape index (κ3) is 8.64. The Bertz CT molecular complexity index is 2610. The van der Waals surface area contributed by atoms with E-state index in [1.54, 1.807) is 13.7 Å². The summed E-state index contributed by atoms with van der Waals surface area (Å²) < 4.78 is 45.5. The average molecular weight is 997 g/mol. The van der Waals surface area contributed by atoms with Crippen LogP contribution in [0.1, 0.15) is 87.7 Å². The van der Waals surface area contributed by atoms with Crippen molar-refractivity contribution in [2.45, 2.75) is 56.7 Å². The number of benzene rings is 3. The second-order valence-electron chi connectivity index (χ2n) is 13.8. The Morgan fingerprint density at radius 3 is 0.897 bits per heavy atom. The van der Waals surface area contributed by atoms with Gasteiger partial charge < -0.3 is 29.0 Å². The van der Waals surface area contributed by atoms with Gasteiger partial charge in [0.05, 0.1) is 31.6 Å². The minimum Gasteiger partial charge on any atom is -0.477 e. The molecule has 3 aliphatic rings. The Labute approximate surface area is 379 Å². The second-order valence-corrected chi connectivity index (χ2v) is 15.0. The number of aromatic nitrogens is 3. The van der Waals surface area contributed by atoms with Gasteiger partial charge in [-0.1, -0.05) is 34.8 Å². The molecule has 3 heterocycles. The van der Waals surface area contributed by atoms with Crippen LogP contribution >= 0.6 is 34.8 Å². The predicted molar refractivity (Wildman–Crippen MR) is 205 cm³/mol. The first-order valence-corrected chi connectivity index (χ1v) is 18.4. The van der Waals surface area contributed by atoms with Gasteiger partial charge in [-0.25, -0.2) is 27.6 Å². The predicted octanol–water partition coefficient (Wildman–Crippen LogP) is 8.48. The number of nitrogens with zero attached hydrogens (tertiary/aromatic N) is 3. The number of carbonyl (C=O) groups is 3. The summed E-state index contributed by atoms with van der Waals surface area (Å²) in [6, 6.07) is 7.60. The van der Waals surface area contributed by atoms with Crippen molar-refractivity contribution in [3.8, 4) is 0 Å². The van der Waals surface area contributed by atoms with E-state index in [0.717, 1.165) is 56.7 Å². The van der Waals surface area contributed by atoms with Crippen LogP contribution in [0.5, 0.6) is 0 Å². The van der Waals surface area contributed by atoms with E-state index in [9.17, 15) is 41.9 Å². The van der Waals surface area contributed by atoms with Crippen LogP contribution in [0.4, 0.5) is 13.2 Å². The van der Waals surface area contributed by atoms with E-state index in [1.807, 2.05) is 0 Å². The number of fused-ring (bicyclic) bond motifs is 3. The number of hydrogen-bond acceptors (Lipinski definition) is 6. The average Bonchev–Trinajstić information content (AvgIpc) is 3.98. The van der Waals surface area contributed by atoms with E-state index >= 15 is 0 Å². The van der Waals surface area contributed by atoms with Gasteiger partial charge in [0.2, 0.25) is 16.3 Å². The van der Waals surface area contributed by atoms with Gasteiger partial charge in [0.15, 0.2) is 0 Å². The first-order chi connectivity index (χ1) is 27.0. The minimum atomic E-state index is -1.31. The van der Waals surface area contributed by atoms with Crippen molar-refractivity contribution in [1.29, 1.82) is 0 Å². The number of rotatable bonds is 6. The Morgan fingerprint density at radius 1 is 0.483 bits per heavy atom. The summed E-state index contributed by atoms with van der Waals surface area (Å²) in [6.45, 7) is 0. The Morgan fingerprint density at radius 2 is 0.707 bits per heavy atom. The van der Waals surface area contributed by atoms with Crippen LogP contribution in [0.3, 0.4) is 0 Å². The smallest absolute Gasteiger partial charge is 0.341 e. The van der Waals surface area contributed by atoms with Gasteiger partial charge in [0, 0.05) is 102 Å². The first kappa shape index (κ1) is 43.5. The normalized spacial score (nSPS) is 14.6. The number of carboxylic acids is 3. The molecule has 9 rings (SSSR count). The molecule has 3 aliphatic carbocycles. The van der Waals surface area contributed by atoms with Gasteiger partial charge in [-0.3, -0.25) is 14.4 Å². The van der Waals surface area contributed by atoms with Crippen LogP contribution < -0.4 is 16.3 Å². The summed E-state index contributed by atoms with van der Waals surface area (Å²) in [7, 11) is 0. The van der Waals surface area contributed by atoms with Gasteiger partial charge >= 0.3 is 17.9 Å². The standard InChI is InChI=1S/3C13H9ClFNO3.Eu/c3*14-9-4-11-7(3-10(9)15)12(17)8(13(18)19)5-16(11)6-1-2-6;/h3*3-6H,1-2H2,(H,18,19);. The number of hydrogen-bond donors (Lipinski definition) is 3. The van der Waals surface area contributed by atoms with Gasteiger partial charge in [-0.15, -0.1) is 0 Å². The summed E-state index contributed by atoms with van der Waals surface area (Å²) in [5.74, 6) is -6.10. The maximum atomic E-state index is 13.5. The van der Waals surface area contributed by atoms with Crippen molar-refractivity contribution >= 4 is 85.4 Å². The number of pyridine rings is 3. The molecule has 0 saturated heterocycles. The third-order valence-electron chi connectivity index (χ3n) is 9.73. The van der Waals surface area contributed by atoms with Gasteiger partial charge in [-0.05, 0) is 74.9 Å². The van der Waals surface area contributed by atoms with Crippen LogP contribution in [-0.4, -0.2) is 46.9 Å². The molecule has 3 N–H and O–H groups in total. The zero-order valence-electron chi connectivity index (χ0n) is 29.4. The Kier molecular flexibility index (Phi) is 12.7. The number of carboxylic acid groups (broad SMARTS) is 3. The van der Waals surface area contributed by atoms with E-state index in [4.69, 9.17) is 50.1 Å². The molecule has 3 aromatic heterocycles.